The fraction of sp³-hybridized carbons (Fsp3) is 0.211. The van der Waals surface area contributed by atoms with E-state index < -0.39 is 0 Å². The van der Waals surface area contributed by atoms with Gasteiger partial charge in [-0.25, -0.2) is 4.68 Å². The van der Waals surface area contributed by atoms with Gasteiger partial charge < -0.3 is 10.3 Å². The van der Waals surface area contributed by atoms with Crippen LogP contribution in [-0.2, 0) is 6.42 Å². The Hall–Kier alpha value is -3.15. The number of benzene rings is 1. The molecule has 25 heavy (non-hydrogen) atoms. The van der Waals surface area contributed by atoms with Crippen molar-refractivity contribution >= 4 is 5.91 Å². The number of aromatic amines is 1. The molecule has 0 saturated heterocycles. The number of para-hydroxylation sites is 1. The third-order valence-electron chi connectivity index (χ3n) is 4.48. The molecule has 1 aliphatic rings. The summed E-state index contributed by atoms with van der Waals surface area (Å²) in [6, 6.07) is 14.6. The van der Waals surface area contributed by atoms with Crippen LogP contribution in [0.4, 0.5) is 0 Å². The van der Waals surface area contributed by atoms with Crippen LogP contribution in [0.15, 0.2) is 59.5 Å². The number of hydrogen-bond donors (Lipinski definition) is 2. The number of aromatic nitrogens is 3. The molecule has 0 fully saturated rings. The zero-order chi connectivity index (χ0) is 17.2. The summed E-state index contributed by atoms with van der Waals surface area (Å²) >= 11 is 0. The van der Waals surface area contributed by atoms with Crippen LogP contribution in [0.5, 0.6) is 0 Å². The normalized spacial score (nSPS) is 16.2. The van der Waals surface area contributed by atoms with Gasteiger partial charge in [-0.3, -0.25) is 9.59 Å². The third-order valence-corrected chi connectivity index (χ3v) is 4.48. The maximum absolute atomic E-state index is 12.6. The van der Waals surface area contributed by atoms with E-state index in [4.69, 9.17) is 0 Å². The number of hydrogen-bond acceptors (Lipinski definition) is 3. The number of carbonyl (C=O) groups is 1. The molecular formula is C19H18N4O2. The van der Waals surface area contributed by atoms with Crippen molar-refractivity contribution < 1.29 is 4.79 Å². The fourth-order valence-electron chi connectivity index (χ4n) is 3.25. The summed E-state index contributed by atoms with van der Waals surface area (Å²) in [7, 11) is 0. The molecule has 0 spiro atoms. The first kappa shape index (κ1) is 15.4. The van der Waals surface area contributed by atoms with Gasteiger partial charge in [0.2, 0.25) is 5.56 Å². The Bertz CT molecular complexity index is 959. The number of nitrogens with one attached hydrogen (secondary N) is 2. The molecule has 3 aromatic rings. The standard InChI is InChI=1S/C19H18N4O2/c24-18-10-9-14-15(20-18)7-4-8-16(14)21-19(25)17-11-12-23(22-17)13-5-2-1-3-6-13/h1-3,5-6,9-12,16H,4,7-8H2,(H,20,24)(H,21,25). The van der Waals surface area contributed by atoms with Crippen molar-refractivity contribution in [2.75, 3.05) is 0 Å². The van der Waals surface area contributed by atoms with Crippen LogP contribution in [0.3, 0.4) is 0 Å². The minimum atomic E-state index is -0.210. The van der Waals surface area contributed by atoms with Crippen molar-refractivity contribution in [3.05, 3.63) is 82.0 Å². The Kier molecular flexibility index (Phi) is 3.93. The van der Waals surface area contributed by atoms with Crippen LogP contribution in [0, 0.1) is 0 Å². The molecule has 0 bridgehead atoms. The molecule has 1 atom stereocenters. The second kappa shape index (κ2) is 6.39. The van der Waals surface area contributed by atoms with Crippen molar-refractivity contribution in [2.24, 2.45) is 0 Å². The molecule has 0 aliphatic heterocycles. The highest BCUT2D eigenvalue weighted by atomic mass is 16.2. The zero-order valence-corrected chi connectivity index (χ0v) is 13.6. The smallest absolute Gasteiger partial charge is 0.272 e. The summed E-state index contributed by atoms with van der Waals surface area (Å²) in [5.74, 6) is -0.210. The molecule has 0 saturated carbocycles. The number of amides is 1. The molecule has 1 aliphatic carbocycles. The van der Waals surface area contributed by atoms with E-state index in [1.807, 2.05) is 30.3 Å². The molecule has 1 amide bonds. The molecular weight excluding hydrogens is 316 g/mol. The SMILES string of the molecule is O=C(NC1CCCc2[nH]c(=O)ccc21)c1ccn(-c2ccccc2)n1. The largest absolute Gasteiger partial charge is 0.344 e. The minimum absolute atomic E-state index is 0.102. The molecule has 1 unspecified atom stereocenters. The molecule has 1 aromatic carbocycles. The van der Waals surface area contributed by atoms with Crippen LogP contribution >= 0.6 is 0 Å². The third kappa shape index (κ3) is 3.10. The lowest BCUT2D eigenvalue weighted by Crippen LogP contribution is -2.32. The van der Waals surface area contributed by atoms with Gasteiger partial charge in [0, 0.05) is 18.0 Å². The molecule has 4 rings (SSSR count). The van der Waals surface area contributed by atoms with E-state index in [0.29, 0.717) is 5.69 Å². The Labute approximate surface area is 144 Å². The molecule has 6 nitrogen and oxygen atoms in total. The van der Waals surface area contributed by atoms with Gasteiger partial charge in [0.05, 0.1) is 11.7 Å². The summed E-state index contributed by atoms with van der Waals surface area (Å²) < 4.78 is 1.68. The van der Waals surface area contributed by atoms with Gasteiger partial charge in [-0.15, -0.1) is 0 Å². The van der Waals surface area contributed by atoms with E-state index in [1.165, 1.54) is 6.07 Å². The van der Waals surface area contributed by atoms with Crippen molar-refractivity contribution in [3.63, 3.8) is 0 Å². The van der Waals surface area contributed by atoms with Crippen molar-refractivity contribution in [1.29, 1.82) is 0 Å². The number of H-pyrrole nitrogens is 1. The van der Waals surface area contributed by atoms with E-state index >= 15 is 0 Å². The number of nitrogens with zero attached hydrogens (tertiary/aromatic N) is 2. The molecule has 0 radical (unpaired) electrons. The second-order valence-electron chi connectivity index (χ2n) is 6.16. The number of aryl methyl sites for hydroxylation is 1. The van der Waals surface area contributed by atoms with Crippen LogP contribution in [0.1, 0.15) is 40.6 Å². The Morgan fingerprint density at radius 3 is 2.84 bits per heavy atom. The fourth-order valence-corrected chi connectivity index (χ4v) is 3.25. The Morgan fingerprint density at radius 2 is 2.00 bits per heavy atom. The van der Waals surface area contributed by atoms with Gasteiger partial charge >= 0.3 is 0 Å². The summed E-state index contributed by atoms with van der Waals surface area (Å²) in [5, 5.41) is 7.40. The van der Waals surface area contributed by atoms with Crippen molar-refractivity contribution in [2.45, 2.75) is 25.3 Å². The molecule has 126 valence electrons. The number of carbonyl (C=O) groups excluding carboxylic acids is 1. The van der Waals surface area contributed by atoms with Crippen molar-refractivity contribution in [1.82, 2.24) is 20.1 Å². The minimum Gasteiger partial charge on any atom is -0.344 e. The monoisotopic (exact) mass is 334 g/mol. The van der Waals surface area contributed by atoms with E-state index in [9.17, 15) is 9.59 Å². The molecule has 2 N–H and O–H groups in total. The van der Waals surface area contributed by atoms with Crippen LogP contribution < -0.4 is 10.9 Å². The van der Waals surface area contributed by atoms with Gasteiger partial charge in [0.15, 0.2) is 5.69 Å². The highest BCUT2D eigenvalue weighted by Crippen LogP contribution is 2.27. The predicted octanol–water partition coefficient (Wildman–Crippen LogP) is 2.37. The van der Waals surface area contributed by atoms with Gasteiger partial charge in [0.1, 0.15) is 0 Å². The molecule has 6 heteroatoms. The molecule has 2 aromatic heterocycles. The topological polar surface area (TPSA) is 79.8 Å². The predicted molar refractivity (Wildman–Crippen MR) is 93.8 cm³/mol. The summed E-state index contributed by atoms with van der Waals surface area (Å²) in [5.41, 5.74) is 3.08. The van der Waals surface area contributed by atoms with Crippen LogP contribution in [-0.4, -0.2) is 20.7 Å². The first-order valence-corrected chi connectivity index (χ1v) is 8.35. The number of pyridine rings is 1. The van der Waals surface area contributed by atoms with Crippen LogP contribution in [0.2, 0.25) is 0 Å². The lowest BCUT2D eigenvalue weighted by atomic mass is 9.91. The van der Waals surface area contributed by atoms with Crippen molar-refractivity contribution in [3.8, 4) is 5.69 Å². The highest BCUT2D eigenvalue weighted by molar-refractivity contribution is 5.92. The Balaban J connectivity index is 1.54. The summed E-state index contributed by atoms with van der Waals surface area (Å²) in [6.45, 7) is 0. The summed E-state index contributed by atoms with van der Waals surface area (Å²) in [4.78, 5) is 26.9. The average molecular weight is 334 g/mol. The average Bonchev–Trinajstić information content (AvgIpc) is 3.13. The zero-order valence-electron chi connectivity index (χ0n) is 13.6. The highest BCUT2D eigenvalue weighted by Gasteiger charge is 2.23. The summed E-state index contributed by atoms with van der Waals surface area (Å²) in [6.07, 6.45) is 4.39. The number of fused-ring (bicyclic) bond motifs is 1. The lowest BCUT2D eigenvalue weighted by molar-refractivity contribution is 0.0927. The van der Waals surface area contributed by atoms with E-state index in [1.54, 1.807) is 23.0 Å². The maximum atomic E-state index is 12.6. The van der Waals surface area contributed by atoms with Gasteiger partial charge in [0.25, 0.3) is 5.91 Å². The van der Waals surface area contributed by atoms with Gasteiger partial charge in [-0.05, 0) is 49.1 Å². The van der Waals surface area contributed by atoms with Gasteiger partial charge in [-0.2, -0.15) is 5.10 Å². The number of rotatable bonds is 3. The van der Waals surface area contributed by atoms with Gasteiger partial charge in [-0.1, -0.05) is 18.2 Å². The van der Waals surface area contributed by atoms with E-state index in [0.717, 1.165) is 36.2 Å². The quantitative estimate of drug-likeness (QED) is 0.772. The Morgan fingerprint density at radius 1 is 1.16 bits per heavy atom. The van der Waals surface area contributed by atoms with E-state index in [2.05, 4.69) is 15.4 Å². The van der Waals surface area contributed by atoms with Crippen LogP contribution in [0.25, 0.3) is 5.69 Å². The molecule has 2 heterocycles. The maximum Gasteiger partial charge on any atom is 0.272 e. The first-order chi connectivity index (χ1) is 12.2. The second-order valence-corrected chi connectivity index (χ2v) is 6.16. The lowest BCUT2D eigenvalue weighted by Gasteiger charge is -2.25. The van der Waals surface area contributed by atoms with E-state index in [-0.39, 0.29) is 17.5 Å². The first-order valence-electron chi connectivity index (χ1n) is 8.35.